The van der Waals surface area contributed by atoms with Crippen LogP contribution in [0.25, 0.3) is 0 Å². The van der Waals surface area contributed by atoms with Crippen molar-refractivity contribution in [2.75, 3.05) is 11.1 Å². The van der Waals surface area contributed by atoms with Gasteiger partial charge in [0.25, 0.3) is 5.91 Å². The average Bonchev–Trinajstić information content (AvgIpc) is 2.62. The van der Waals surface area contributed by atoms with E-state index in [9.17, 15) is 9.59 Å². The standard InChI is InChI=1S/C15H16N2O4/c1-7-8(2)21-9(3)13(7)14(18)17-12-6-10(16)4-5-11(12)15(19)20/h4-6H,16H2,1-3H3,(H,17,18)(H,19,20). The molecule has 6 nitrogen and oxygen atoms in total. The van der Waals surface area contributed by atoms with E-state index in [0.29, 0.717) is 22.8 Å². The number of hydrogen-bond acceptors (Lipinski definition) is 4. The van der Waals surface area contributed by atoms with Gasteiger partial charge in [0.1, 0.15) is 11.5 Å². The highest BCUT2D eigenvalue weighted by atomic mass is 16.4. The number of aromatic carboxylic acids is 1. The molecule has 0 spiro atoms. The van der Waals surface area contributed by atoms with Crippen LogP contribution in [0.2, 0.25) is 0 Å². The van der Waals surface area contributed by atoms with Crippen molar-refractivity contribution in [3.05, 3.63) is 46.4 Å². The number of nitrogens with two attached hydrogens (primary N) is 1. The topological polar surface area (TPSA) is 106 Å². The van der Waals surface area contributed by atoms with Gasteiger partial charge in [-0.15, -0.1) is 0 Å². The Kier molecular flexibility index (Phi) is 3.71. The second-order valence-electron chi connectivity index (χ2n) is 4.78. The van der Waals surface area contributed by atoms with E-state index in [-0.39, 0.29) is 11.3 Å². The molecule has 0 aliphatic carbocycles. The largest absolute Gasteiger partial charge is 0.478 e. The first-order chi connectivity index (χ1) is 9.81. The molecule has 4 N–H and O–H groups in total. The minimum Gasteiger partial charge on any atom is -0.478 e. The first-order valence-electron chi connectivity index (χ1n) is 6.32. The highest BCUT2D eigenvalue weighted by Gasteiger charge is 2.20. The third kappa shape index (κ3) is 2.74. The van der Waals surface area contributed by atoms with Gasteiger partial charge in [0.2, 0.25) is 0 Å². The number of hydrogen-bond donors (Lipinski definition) is 3. The molecule has 0 fully saturated rings. The predicted octanol–water partition coefficient (Wildman–Crippen LogP) is 2.74. The van der Waals surface area contributed by atoms with E-state index in [4.69, 9.17) is 15.3 Å². The van der Waals surface area contributed by atoms with Gasteiger partial charge in [-0.1, -0.05) is 0 Å². The van der Waals surface area contributed by atoms with Crippen LogP contribution in [0.15, 0.2) is 22.6 Å². The Morgan fingerprint density at radius 3 is 2.38 bits per heavy atom. The molecule has 0 unspecified atom stereocenters. The normalized spacial score (nSPS) is 10.4. The van der Waals surface area contributed by atoms with E-state index < -0.39 is 11.9 Å². The van der Waals surface area contributed by atoms with Crippen molar-refractivity contribution in [3.63, 3.8) is 0 Å². The lowest BCUT2D eigenvalue weighted by molar-refractivity contribution is 0.0698. The molecule has 110 valence electrons. The molecule has 1 amide bonds. The summed E-state index contributed by atoms with van der Waals surface area (Å²) in [6.45, 7) is 5.23. The molecule has 0 saturated heterocycles. The van der Waals surface area contributed by atoms with E-state index in [1.54, 1.807) is 20.8 Å². The van der Waals surface area contributed by atoms with Crippen LogP contribution in [-0.4, -0.2) is 17.0 Å². The molecule has 6 heteroatoms. The Bertz CT molecular complexity index is 732. The summed E-state index contributed by atoms with van der Waals surface area (Å²) >= 11 is 0. The number of carbonyl (C=O) groups excluding carboxylic acids is 1. The van der Waals surface area contributed by atoms with Gasteiger partial charge >= 0.3 is 5.97 Å². The Morgan fingerprint density at radius 2 is 1.86 bits per heavy atom. The van der Waals surface area contributed by atoms with Gasteiger partial charge in [-0.25, -0.2) is 4.79 Å². The molecular weight excluding hydrogens is 272 g/mol. The SMILES string of the molecule is Cc1oc(C)c(C(=O)Nc2cc(N)ccc2C(=O)O)c1C. The summed E-state index contributed by atoms with van der Waals surface area (Å²) in [5, 5.41) is 11.7. The maximum atomic E-state index is 12.4. The average molecular weight is 288 g/mol. The highest BCUT2D eigenvalue weighted by molar-refractivity contribution is 6.09. The zero-order valence-electron chi connectivity index (χ0n) is 12.0. The van der Waals surface area contributed by atoms with Crippen molar-refractivity contribution < 1.29 is 19.1 Å². The Labute approximate surface area is 121 Å². The Morgan fingerprint density at radius 1 is 1.19 bits per heavy atom. The maximum Gasteiger partial charge on any atom is 0.337 e. The van der Waals surface area contributed by atoms with Crippen LogP contribution in [0.1, 0.15) is 37.8 Å². The third-order valence-electron chi connectivity index (χ3n) is 3.31. The molecule has 0 aliphatic heterocycles. The number of carboxylic acids is 1. The van der Waals surface area contributed by atoms with Crippen LogP contribution in [0.5, 0.6) is 0 Å². The molecule has 1 heterocycles. The van der Waals surface area contributed by atoms with Crippen LogP contribution in [0, 0.1) is 20.8 Å². The van der Waals surface area contributed by atoms with Crippen LogP contribution >= 0.6 is 0 Å². The van der Waals surface area contributed by atoms with Crippen molar-refractivity contribution in [1.82, 2.24) is 0 Å². The second-order valence-corrected chi connectivity index (χ2v) is 4.78. The van der Waals surface area contributed by atoms with Crippen molar-refractivity contribution in [2.24, 2.45) is 0 Å². The molecule has 2 rings (SSSR count). The van der Waals surface area contributed by atoms with E-state index in [1.807, 2.05) is 0 Å². The highest BCUT2D eigenvalue weighted by Crippen LogP contribution is 2.24. The molecule has 2 aromatic rings. The molecule has 0 radical (unpaired) electrons. The minimum absolute atomic E-state index is 0.0203. The molecule has 21 heavy (non-hydrogen) atoms. The smallest absolute Gasteiger partial charge is 0.337 e. The molecule has 0 atom stereocenters. The first kappa shape index (κ1) is 14.6. The van der Waals surface area contributed by atoms with Gasteiger partial charge in [0.15, 0.2) is 0 Å². The number of rotatable bonds is 3. The van der Waals surface area contributed by atoms with Crippen LogP contribution < -0.4 is 11.1 Å². The van der Waals surface area contributed by atoms with E-state index in [0.717, 1.165) is 5.56 Å². The number of nitrogens with one attached hydrogen (secondary N) is 1. The number of nitrogen functional groups attached to an aromatic ring is 1. The summed E-state index contributed by atoms with van der Waals surface area (Å²) < 4.78 is 5.40. The number of amides is 1. The lowest BCUT2D eigenvalue weighted by atomic mass is 10.1. The number of carboxylic acid groups (broad SMARTS) is 1. The number of carbonyl (C=O) groups is 2. The number of furan rings is 1. The van der Waals surface area contributed by atoms with E-state index in [2.05, 4.69) is 5.32 Å². The van der Waals surface area contributed by atoms with Crippen molar-refractivity contribution in [2.45, 2.75) is 20.8 Å². The lowest BCUT2D eigenvalue weighted by Gasteiger charge is -2.09. The molecule has 0 aliphatic rings. The van der Waals surface area contributed by atoms with Crippen molar-refractivity contribution in [3.8, 4) is 0 Å². The fourth-order valence-electron chi connectivity index (χ4n) is 2.16. The van der Waals surface area contributed by atoms with Gasteiger partial charge in [-0.2, -0.15) is 0 Å². The lowest BCUT2D eigenvalue weighted by Crippen LogP contribution is -2.16. The molecular formula is C15H16N2O4. The first-order valence-corrected chi connectivity index (χ1v) is 6.32. The van der Waals surface area contributed by atoms with Gasteiger partial charge in [0.05, 0.1) is 16.8 Å². The summed E-state index contributed by atoms with van der Waals surface area (Å²) in [4.78, 5) is 23.5. The quantitative estimate of drug-likeness (QED) is 0.753. The fourth-order valence-corrected chi connectivity index (χ4v) is 2.16. The molecule has 1 aromatic heterocycles. The third-order valence-corrected chi connectivity index (χ3v) is 3.31. The van der Waals surface area contributed by atoms with Gasteiger partial charge in [0, 0.05) is 11.3 Å². The summed E-state index contributed by atoms with van der Waals surface area (Å²) in [6, 6.07) is 4.24. The van der Waals surface area contributed by atoms with Gasteiger partial charge in [-0.3, -0.25) is 4.79 Å². The molecule has 0 saturated carbocycles. The second kappa shape index (κ2) is 5.32. The van der Waals surface area contributed by atoms with E-state index >= 15 is 0 Å². The zero-order chi connectivity index (χ0) is 15.7. The summed E-state index contributed by atoms with van der Waals surface area (Å²) in [7, 11) is 0. The Hall–Kier alpha value is -2.76. The van der Waals surface area contributed by atoms with Crippen molar-refractivity contribution in [1.29, 1.82) is 0 Å². The van der Waals surface area contributed by atoms with Gasteiger partial charge in [-0.05, 0) is 39.0 Å². The van der Waals surface area contributed by atoms with Crippen LogP contribution in [0.3, 0.4) is 0 Å². The van der Waals surface area contributed by atoms with Crippen molar-refractivity contribution >= 4 is 23.3 Å². The predicted molar refractivity (Wildman–Crippen MR) is 78.7 cm³/mol. The molecule has 0 bridgehead atoms. The van der Waals surface area contributed by atoms with E-state index in [1.165, 1.54) is 18.2 Å². The number of aryl methyl sites for hydroxylation is 2. The number of anilines is 2. The van der Waals surface area contributed by atoms with Gasteiger partial charge < -0.3 is 20.6 Å². The zero-order valence-corrected chi connectivity index (χ0v) is 12.0. The van der Waals surface area contributed by atoms with Crippen LogP contribution in [0.4, 0.5) is 11.4 Å². The summed E-state index contributed by atoms with van der Waals surface area (Å²) in [5.41, 5.74) is 7.28. The fraction of sp³-hybridized carbons (Fsp3) is 0.200. The number of benzene rings is 1. The summed E-state index contributed by atoms with van der Waals surface area (Å²) in [5.74, 6) is -0.413. The molecule has 1 aromatic carbocycles. The van der Waals surface area contributed by atoms with Crippen LogP contribution in [-0.2, 0) is 0 Å². The minimum atomic E-state index is -1.14. The monoisotopic (exact) mass is 288 g/mol. The summed E-state index contributed by atoms with van der Waals surface area (Å²) in [6.07, 6.45) is 0. The Balaban J connectivity index is 2.40. The maximum absolute atomic E-state index is 12.4.